The topological polar surface area (TPSA) is 38.0 Å². The zero-order valence-corrected chi connectivity index (χ0v) is 12.0. The smallest absolute Gasteiger partial charge is 0.111 e. The maximum absolute atomic E-state index is 10.6. The Labute approximate surface area is 112 Å². The van der Waals surface area contributed by atoms with Gasteiger partial charge in [0.25, 0.3) is 0 Å². The molecule has 0 aliphatic rings. The molecule has 0 aliphatic carbocycles. The van der Waals surface area contributed by atoms with E-state index in [9.17, 15) is 5.11 Å². The van der Waals surface area contributed by atoms with Crippen molar-refractivity contribution in [2.45, 2.75) is 45.8 Å². The maximum Gasteiger partial charge on any atom is 0.111 e. The molecule has 0 spiro atoms. The van der Waals surface area contributed by atoms with Crippen LogP contribution in [-0.4, -0.2) is 14.7 Å². The van der Waals surface area contributed by atoms with Crippen LogP contribution in [0.5, 0.6) is 0 Å². The van der Waals surface area contributed by atoms with Gasteiger partial charge in [0.15, 0.2) is 0 Å². The molecule has 0 saturated carbocycles. The van der Waals surface area contributed by atoms with E-state index in [1.807, 2.05) is 25.3 Å². The summed E-state index contributed by atoms with van der Waals surface area (Å²) in [6.07, 6.45) is 5.42. The zero-order valence-electron chi connectivity index (χ0n) is 11.2. The van der Waals surface area contributed by atoms with E-state index in [4.69, 9.17) is 0 Å². The Morgan fingerprint density at radius 1 is 1.44 bits per heavy atom. The molecule has 4 heteroatoms. The molecule has 0 aromatic carbocycles. The number of rotatable bonds is 5. The summed E-state index contributed by atoms with van der Waals surface area (Å²) in [7, 11) is 0. The second-order valence-electron chi connectivity index (χ2n) is 4.90. The predicted octanol–water partition coefficient (Wildman–Crippen LogP) is 3.11. The first-order valence-corrected chi connectivity index (χ1v) is 7.14. The lowest BCUT2D eigenvalue weighted by molar-refractivity contribution is 0.0583. The van der Waals surface area contributed by atoms with Crippen molar-refractivity contribution < 1.29 is 5.11 Å². The Balaban J connectivity index is 2.19. The van der Waals surface area contributed by atoms with E-state index >= 15 is 0 Å². The first kappa shape index (κ1) is 13.3. The summed E-state index contributed by atoms with van der Waals surface area (Å²) in [5, 5.41) is 10.6. The minimum absolute atomic E-state index is 0.556. The summed E-state index contributed by atoms with van der Waals surface area (Å²) in [6.45, 7) is 7.02. The Hall–Kier alpha value is -1.13. The first-order valence-electron chi connectivity index (χ1n) is 6.32. The highest BCUT2D eigenvalue weighted by Crippen LogP contribution is 2.30. The van der Waals surface area contributed by atoms with Crippen molar-refractivity contribution in [3.8, 4) is 0 Å². The van der Waals surface area contributed by atoms with Crippen LogP contribution in [0.3, 0.4) is 0 Å². The van der Waals surface area contributed by atoms with Crippen LogP contribution in [0, 0.1) is 6.92 Å². The number of nitrogens with zero attached hydrogens (tertiary/aromatic N) is 2. The molecule has 2 aromatic rings. The molecule has 0 radical (unpaired) electrons. The molecule has 1 N–H and O–H groups in total. The number of aliphatic hydroxyl groups is 1. The highest BCUT2D eigenvalue weighted by atomic mass is 32.1. The van der Waals surface area contributed by atoms with Crippen molar-refractivity contribution in [2.75, 3.05) is 0 Å². The third kappa shape index (κ3) is 2.82. The van der Waals surface area contributed by atoms with E-state index in [1.165, 1.54) is 4.88 Å². The largest absolute Gasteiger partial charge is 0.384 e. The van der Waals surface area contributed by atoms with Crippen LogP contribution >= 0.6 is 11.3 Å². The van der Waals surface area contributed by atoms with Gasteiger partial charge >= 0.3 is 0 Å². The van der Waals surface area contributed by atoms with E-state index in [1.54, 1.807) is 17.5 Å². The van der Waals surface area contributed by atoms with Crippen LogP contribution in [0.1, 0.15) is 35.8 Å². The molecule has 1 atom stereocenters. The van der Waals surface area contributed by atoms with E-state index in [0.29, 0.717) is 6.42 Å². The number of thiophene rings is 1. The quantitative estimate of drug-likeness (QED) is 0.901. The third-order valence-electron chi connectivity index (χ3n) is 3.04. The molecule has 1 unspecified atom stereocenters. The molecule has 3 nitrogen and oxygen atoms in total. The summed E-state index contributed by atoms with van der Waals surface area (Å²) in [4.78, 5) is 6.59. The molecule has 18 heavy (non-hydrogen) atoms. The van der Waals surface area contributed by atoms with Gasteiger partial charge < -0.3 is 9.67 Å². The van der Waals surface area contributed by atoms with E-state index in [0.717, 1.165) is 23.7 Å². The molecule has 0 aliphatic heterocycles. The summed E-state index contributed by atoms with van der Waals surface area (Å²) in [6, 6.07) is 4.06. The number of aryl methyl sites for hydroxylation is 2. The van der Waals surface area contributed by atoms with Crippen LogP contribution in [0.2, 0.25) is 0 Å². The number of aromatic nitrogens is 2. The van der Waals surface area contributed by atoms with Gasteiger partial charge in [0.1, 0.15) is 11.4 Å². The maximum atomic E-state index is 10.6. The number of hydrogen-bond donors (Lipinski definition) is 1. The molecule has 2 heterocycles. The summed E-state index contributed by atoms with van der Waals surface area (Å²) < 4.78 is 2.12. The lowest BCUT2D eigenvalue weighted by atomic mass is 10.00. The van der Waals surface area contributed by atoms with E-state index < -0.39 is 5.60 Å². The third-order valence-corrected chi connectivity index (χ3v) is 4.29. The van der Waals surface area contributed by atoms with Gasteiger partial charge in [-0.1, -0.05) is 6.92 Å². The molecular formula is C14H20N2OS. The lowest BCUT2D eigenvalue weighted by Gasteiger charge is -2.22. The van der Waals surface area contributed by atoms with Crippen LogP contribution in [-0.2, 0) is 18.6 Å². The van der Waals surface area contributed by atoms with Crippen molar-refractivity contribution in [1.82, 2.24) is 9.55 Å². The minimum atomic E-state index is -0.838. The van der Waals surface area contributed by atoms with Gasteiger partial charge in [-0.3, -0.25) is 0 Å². The Morgan fingerprint density at radius 2 is 2.22 bits per heavy atom. The van der Waals surface area contributed by atoms with Gasteiger partial charge in [0.2, 0.25) is 0 Å². The van der Waals surface area contributed by atoms with Crippen molar-refractivity contribution in [2.24, 2.45) is 0 Å². The first-order chi connectivity index (χ1) is 8.53. The van der Waals surface area contributed by atoms with Crippen molar-refractivity contribution in [3.05, 3.63) is 40.1 Å². The van der Waals surface area contributed by atoms with Gasteiger partial charge in [-0.2, -0.15) is 0 Å². The minimum Gasteiger partial charge on any atom is -0.384 e. The van der Waals surface area contributed by atoms with E-state index in [-0.39, 0.29) is 0 Å². The highest BCUT2D eigenvalue weighted by Gasteiger charge is 2.27. The summed E-state index contributed by atoms with van der Waals surface area (Å²) >= 11 is 1.65. The van der Waals surface area contributed by atoms with Gasteiger partial charge in [-0.25, -0.2) is 4.98 Å². The van der Waals surface area contributed by atoms with Crippen LogP contribution in [0.25, 0.3) is 0 Å². The molecule has 98 valence electrons. The number of imidazole rings is 1. The summed E-state index contributed by atoms with van der Waals surface area (Å²) in [5.74, 6) is 0.952. The van der Waals surface area contributed by atoms with Gasteiger partial charge in [0, 0.05) is 35.1 Å². The fourth-order valence-corrected chi connectivity index (χ4v) is 2.98. The SMILES string of the molecule is CCCn1ccnc1CC(C)(O)c1ccc(C)s1. The monoisotopic (exact) mass is 264 g/mol. The fraction of sp³-hybridized carbons (Fsp3) is 0.500. The Morgan fingerprint density at radius 3 is 2.83 bits per heavy atom. The fourth-order valence-electron chi connectivity index (χ4n) is 2.07. The standard InChI is InChI=1S/C14H20N2OS/c1-4-8-16-9-7-15-13(16)10-14(3,17)12-6-5-11(2)18-12/h5-7,9,17H,4,8,10H2,1-3H3. The lowest BCUT2D eigenvalue weighted by Crippen LogP contribution is -2.25. The summed E-state index contributed by atoms with van der Waals surface area (Å²) in [5.41, 5.74) is -0.838. The molecule has 0 bridgehead atoms. The van der Waals surface area contributed by atoms with Crippen molar-refractivity contribution in [1.29, 1.82) is 0 Å². The van der Waals surface area contributed by atoms with Gasteiger partial charge in [-0.05, 0) is 32.4 Å². The predicted molar refractivity (Wildman–Crippen MR) is 74.8 cm³/mol. The molecule has 2 rings (SSSR count). The molecule has 0 amide bonds. The van der Waals surface area contributed by atoms with Crippen LogP contribution < -0.4 is 0 Å². The van der Waals surface area contributed by atoms with E-state index in [2.05, 4.69) is 23.4 Å². The van der Waals surface area contributed by atoms with Gasteiger partial charge in [-0.15, -0.1) is 11.3 Å². The second-order valence-corrected chi connectivity index (χ2v) is 6.19. The van der Waals surface area contributed by atoms with Crippen LogP contribution in [0.4, 0.5) is 0 Å². The normalized spacial score (nSPS) is 14.7. The Bertz CT molecular complexity index is 513. The zero-order chi connectivity index (χ0) is 13.2. The molecule has 2 aromatic heterocycles. The second kappa shape index (κ2) is 5.24. The average Bonchev–Trinajstić information content (AvgIpc) is 2.89. The van der Waals surface area contributed by atoms with Crippen molar-refractivity contribution in [3.63, 3.8) is 0 Å². The molecular weight excluding hydrogens is 244 g/mol. The average molecular weight is 264 g/mol. The number of hydrogen-bond acceptors (Lipinski definition) is 3. The highest BCUT2D eigenvalue weighted by molar-refractivity contribution is 7.12. The molecule has 0 saturated heterocycles. The van der Waals surface area contributed by atoms with Crippen LogP contribution in [0.15, 0.2) is 24.5 Å². The van der Waals surface area contributed by atoms with Gasteiger partial charge in [0.05, 0.1) is 0 Å². The van der Waals surface area contributed by atoms with Crippen molar-refractivity contribution >= 4 is 11.3 Å². The Kier molecular flexibility index (Phi) is 3.88. The molecule has 0 fully saturated rings.